The maximum absolute atomic E-state index is 5.52. The predicted molar refractivity (Wildman–Crippen MR) is 53.1 cm³/mol. The van der Waals surface area contributed by atoms with Gasteiger partial charge in [-0.2, -0.15) is 0 Å². The van der Waals surface area contributed by atoms with Crippen molar-refractivity contribution >= 4 is 41.8 Å². The van der Waals surface area contributed by atoms with Crippen molar-refractivity contribution in [2.24, 2.45) is 0 Å². The zero-order valence-electron chi connectivity index (χ0n) is 6.66. The summed E-state index contributed by atoms with van der Waals surface area (Å²) in [4.78, 5) is 0. The van der Waals surface area contributed by atoms with E-state index in [2.05, 4.69) is 19.6 Å². The molecular weight excluding hydrogens is 203 g/mol. The zero-order chi connectivity index (χ0) is 8.36. The maximum atomic E-state index is 5.52. The maximum Gasteiger partial charge on any atom is 0.241 e. The normalized spacial score (nSPS) is 11.3. The second-order valence-electron chi connectivity index (χ2n) is 3.03. The van der Waals surface area contributed by atoms with Crippen molar-refractivity contribution in [3.05, 3.63) is 9.87 Å². The van der Waals surface area contributed by atoms with E-state index in [1.54, 1.807) is 0 Å². The highest BCUT2D eigenvalue weighted by atomic mass is 35.5. The van der Waals surface area contributed by atoms with Crippen LogP contribution in [0.2, 0.25) is 19.6 Å². The summed E-state index contributed by atoms with van der Waals surface area (Å²) in [6, 6.07) is 0. The van der Waals surface area contributed by atoms with Crippen LogP contribution in [-0.4, -0.2) is 18.6 Å². The van der Waals surface area contributed by atoms with E-state index in [9.17, 15) is 0 Å². The van der Waals surface area contributed by atoms with Gasteiger partial charge in [0.1, 0.15) is 4.49 Å². The first-order valence-electron chi connectivity index (χ1n) is 3.04. The molecule has 0 aliphatic rings. The SMILES string of the molecule is C[Si](C)(C)OC([SiH3])=C(Cl)Cl. The molecule has 1 nitrogen and oxygen atoms in total. The van der Waals surface area contributed by atoms with Crippen LogP contribution >= 0.6 is 23.2 Å². The predicted octanol–water partition coefficient (Wildman–Crippen LogP) is 1.81. The van der Waals surface area contributed by atoms with Crippen molar-refractivity contribution < 1.29 is 4.43 Å². The molecular formula is C5H12Cl2OSi2. The Morgan fingerprint density at radius 3 is 1.80 bits per heavy atom. The van der Waals surface area contributed by atoms with Gasteiger partial charge in [-0.25, -0.2) is 0 Å². The summed E-state index contributed by atoms with van der Waals surface area (Å²) < 4.78 is 5.80. The molecule has 0 radical (unpaired) electrons. The third kappa shape index (κ3) is 5.35. The quantitative estimate of drug-likeness (QED) is 0.504. The lowest BCUT2D eigenvalue weighted by molar-refractivity contribution is 0.460. The largest absolute Gasteiger partial charge is 0.550 e. The second kappa shape index (κ2) is 3.81. The van der Waals surface area contributed by atoms with Crippen LogP contribution in [0.15, 0.2) is 9.87 Å². The van der Waals surface area contributed by atoms with Gasteiger partial charge < -0.3 is 4.43 Å². The van der Waals surface area contributed by atoms with Crippen LogP contribution in [-0.2, 0) is 4.43 Å². The number of hydrogen-bond acceptors (Lipinski definition) is 1. The Morgan fingerprint density at radius 2 is 1.70 bits per heavy atom. The average molecular weight is 215 g/mol. The highest BCUT2D eigenvalue weighted by molar-refractivity contribution is 6.71. The molecule has 0 aromatic rings. The molecule has 0 amide bonds. The minimum atomic E-state index is -1.48. The van der Waals surface area contributed by atoms with Crippen molar-refractivity contribution in [1.29, 1.82) is 0 Å². The monoisotopic (exact) mass is 214 g/mol. The Labute approximate surface area is 75.9 Å². The summed E-state index contributed by atoms with van der Waals surface area (Å²) in [6.45, 7) is 6.30. The van der Waals surface area contributed by atoms with Crippen molar-refractivity contribution in [3.8, 4) is 0 Å². The molecule has 0 spiro atoms. The van der Waals surface area contributed by atoms with Gasteiger partial charge >= 0.3 is 0 Å². The minimum Gasteiger partial charge on any atom is -0.550 e. The van der Waals surface area contributed by atoms with Gasteiger partial charge in [-0.05, 0) is 19.6 Å². The molecule has 0 saturated carbocycles. The van der Waals surface area contributed by atoms with Crippen LogP contribution in [0.1, 0.15) is 0 Å². The molecule has 0 atom stereocenters. The molecule has 60 valence electrons. The van der Waals surface area contributed by atoms with Gasteiger partial charge in [-0.15, -0.1) is 0 Å². The summed E-state index contributed by atoms with van der Waals surface area (Å²) in [7, 11) is -0.692. The Balaban J connectivity index is 4.06. The van der Waals surface area contributed by atoms with Gasteiger partial charge in [-0.1, -0.05) is 23.2 Å². The molecule has 0 fully saturated rings. The molecule has 0 aromatic carbocycles. The highest BCUT2D eigenvalue weighted by Gasteiger charge is 2.16. The number of rotatable bonds is 2. The van der Waals surface area contributed by atoms with Crippen LogP contribution in [0.3, 0.4) is 0 Å². The van der Waals surface area contributed by atoms with Crippen LogP contribution in [0.25, 0.3) is 0 Å². The fourth-order valence-corrected chi connectivity index (χ4v) is 3.56. The third-order valence-corrected chi connectivity index (χ3v) is 3.92. The van der Waals surface area contributed by atoms with Crippen molar-refractivity contribution in [2.75, 3.05) is 0 Å². The molecule has 5 heteroatoms. The van der Waals surface area contributed by atoms with Crippen LogP contribution in [0.4, 0.5) is 0 Å². The Morgan fingerprint density at radius 1 is 1.30 bits per heavy atom. The molecule has 0 N–H and O–H groups in total. The van der Waals surface area contributed by atoms with E-state index in [4.69, 9.17) is 27.6 Å². The smallest absolute Gasteiger partial charge is 0.241 e. The molecule has 10 heavy (non-hydrogen) atoms. The van der Waals surface area contributed by atoms with Gasteiger partial charge in [0.15, 0.2) is 0 Å². The molecule has 0 unspecified atom stereocenters. The topological polar surface area (TPSA) is 9.23 Å². The van der Waals surface area contributed by atoms with Crippen LogP contribution < -0.4 is 0 Å². The van der Waals surface area contributed by atoms with Crippen molar-refractivity contribution in [3.63, 3.8) is 0 Å². The molecule has 0 bridgehead atoms. The fourth-order valence-electron chi connectivity index (χ4n) is 0.498. The number of hydrogen-bond donors (Lipinski definition) is 0. The molecule has 0 aromatic heterocycles. The number of halogens is 2. The first kappa shape index (κ1) is 10.6. The lowest BCUT2D eigenvalue weighted by Gasteiger charge is -2.19. The average Bonchev–Trinajstić information content (AvgIpc) is 1.60. The highest BCUT2D eigenvalue weighted by Crippen LogP contribution is 2.16. The van der Waals surface area contributed by atoms with E-state index < -0.39 is 8.32 Å². The van der Waals surface area contributed by atoms with Gasteiger partial charge in [0.2, 0.25) is 8.32 Å². The standard InChI is InChI=1S/C5H12Cl2OSi2/c1-10(2,3)8-5(9)4(6)7/h1-3,9H3. The fraction of sp³-hybridized carbons (Fsp3) is 0.600. The van der Waals surface area contributed by atoms with Crippen LogP contribution in [0.5, 0.6) is 0 Å². The third-order valence-electron chi connectivity index (χ3n) is 0.725. The Bertz CT molecular complexity index is 146. The van der Waals surface area contributed by atoms with Crippen molar-refractivity contribution in [2.45, 2.75) is 19.6 Å². The molecule has 0 rings (SSSR count). The molecule has 0 aliphatic carbocycles. The van der Waals surface area contributed by atoms with Crippen LogP contribution in [0, 0.1) is 0 Å². The summed E-state index contributed by atoms with van der Waals surface area (Å²) >= 11 is 11.0. The lowest BCUT2D eigenvalue weighted by Crippen LogP contribution is -2.25. The Kier molecular flexibility index (Phi) is 4.02. The van der Waals surface area contributed by atoms with E-state index in [0.29, 0.717) is 0 Å². The molecule has 0 aliphatic heterocycles. The molecule has 0 heterocycles. The summed E-state index contributed by atoms with van der Waals surface area (Å²) in [6.07, 6.45) is 0. The van der Waals surface area contributed by atoms with Gasteiger partial charge in [0.05, 0.1) is 15.6 Å². The van der Waals surface area contributed by atoms with E-state index in [-0.39, 0.29) is 4.49 Å². The zero-order valence-corrected chi connectivity index (χ0v) is 11.2. The van der Waals surface area contributed by atoms with Gasteiger partial charge in [0.25, 0.3) is 0 Å². The lowest BCUT2D eigenvalue weighted by atomic mass is 11.1. The minimum absolute atomic E-state index is 0.286. The first-order valence-corrected chi connectivity index (χ1v) is 8.20. The first-order chi connectivity index (χ1) is 4.33. The van der Waals surface area contributed by atoms with Crippen molar-refractivity contribution in [1.82, 2.24) is 0 Å². The van der Waals surface area contributed by atoms with Gasteiger partial charge in [-0.3, -0.25) is 0 Å². The van der Waals surface area contributed by atoms with Gasteiger partial charge in [0, 0.05) is 0 Å². The molecule has 0 saturated heterocycles. The summed E-state index contributed by atoms with van der Waals surface area (Å²) in [5.74, 6) is 0. The van der Waals surface area contributed by atoms with E-state index >= 15 is 0 Å². The summed E-state index contributed by atoms with van der Waals surface area (Å²) in [5, 5.41) is 0.766. The van der Waals surface area contributed by atoms with E-state index in [1.165, 1.54) is 0 Å². The summed E-state index contributed by atoms with van der Waals surface area (Å²) in [5.41, 5.74) is 0. The second-order valence-corrected chi connectivity index (χ2v) is 9.32. The van der Waals surface area contributed by atoms with E-state index in [0.717, 1.165) is 15.6 Å². The van der Waals surface area contributed by atoms with E-state index in [1.807, 2.05) is 0 Å². The Hall–Kier alpha value is 0.554.